The van der Waals surface area contributed by atoms with Crippen LogP contribution < -0.4 is 10.1 Å². The van der Waals surface area contributed by atoms with Gasteiger partial charge in [-0.25, -0.2) is 4.98 Å². The molecular formula is C13H21N3O2. The van der Waals surface area contributed by atoms with Crippen LogP contribution in [0, 0.1) is 6.92 Å². The van der Waals surface area contributed by atoms with Crippen LogP contribution >= 0.6 is 0 Å². The molecule has 0 atom stereocenters. The predicted molar refractivity (Wildman–Crippen MR) is 70.2 cm³/mol. The van der Waals surface area contributed by atoms with Gasteiger partial charge in [-0.3, -0.25) is 0 Å². The van der Waals surface area contributed by atoms with Gasteiger partial charge in [-0.1, -0.05) is 13.8 Å². The predicted octanol–water partition coefficient (Wildman–Crippen LogP) is 1.95. The zero-order valence-electron chi connectivity index (χ0n) is 11.3. The van der Waals surface area contributed by atoms with Crippen molar-refractivity contribution in [2.75, 3.05) is 25.1 Å². The average molecular weight is 251 g/mol. The third-order valence-electron chi connectivity index (χ3n) is 2.89. The highest BCUT2D eigenvalue weighted by atomic mass is 16.6. The minimum Gasteiger partial charge on any atom is -0.469 e. The Morgan fingerprint density at radius 1 is 1.33 bits per heavy atom. The molecule has 0 aromatic carbocycles. The lowest BCUT2D eigenvalue weighted by Gasteiger charge is -2.27. The molecule has 18 heavy (non-hydrogen) atoms. The van der Waals surface area contributed by atoms with Crippen LogP contribution in [0.4, 0.5) is 5.82 Å². The normalized spacial score (nSPS) is 15.3. The highest BCUT2D eigenvalue weighted by Gasteiger charge is 2.22. The van der Waals surface area contributed by atoms with Gasteiger partial charge in [0, 0.05) is 13.0 Å². The monoisotopic (exact) mass is 251 g/mol. The van der Waals surface area contributed by atoms with Gasteiger partial charge in [0.15, 0.2) is 0 Å². The SMILES string of the molecule is CCCNc1nc(CC)nc(OC2COC2)c1C. The first-order chi connectivity index (χ1) is 8.74. The first kappa shape index (κ1) is 13.1. The van der Waals surface area contributed by atoms with Crippen molar-refractivity contribution in [3.05, 3.63) is 11.4 Å². The summed E-state index contributed by atoms with van der Waals surface area (Å²) in [5.41, 5.74) is 0.979. The summed E-state index contributed by atoms with van der Waals surface area (Å²) in [6.45, 7) is 8.39. The molecule has 0 saturated carbocycles. The summed E-state index contributed by atoms with van der Waals surface area (Å²) in [7, 11) is 0. The highest BCUT2D eigenvalue weighted by molar-refractivity contribution is 5.48. The third-order valence-corrected chi connectivity index (χ3v) is 2.89. The fourth-order valence-corrected chi connectivity index (χ4v) is 1.67. The second kappa shape index (κ2) is 6.00. The molecule has 1 saturated heterocycles. The quantitative estimate of drug-likeness (QED) is 0.837. The van der Waals surface area contributed by atoms with Gasteiger partial charge in [-0.05, 0) is 13.3 Å². The van der Waals surface area contributed by atoms with Gasteiger partial charge in [0.1, 0.15) is 17.7 Å². The summed E-state index contributed by atoms with van der Waals surface area (Å²) in [6.07, 6.45) is 2.01. The molecule has 0 bridgehead atoms. The summed E-state index contributed by atoms with van der Waals surface area (Å²) in [4.78, 5) is 8.96. The lowest BCUT2D eigenvalue weighted by Crippen LogP contribution is -2.39. The third kappa shape index (κ3) is 2.90. The Kier molecular flexibility index (Phi) is 4.36. The maximum Gasteiger partial charge on any atom is 0.222 e. The first-order valence-corrected chi connectivity index (χ1v) is 6.60. The van der Waals surface area contributed by atoms with Crippen LogP contribution in [0.2, 0.25) is 0 Å². The largest absolute Gasteiger partial charge is 0.469 e. The topological polar surface area (TPSA) is 56.3 Å². The molecule has 1 fully saturated rings. The van der Waals surface area contributed by atoms with Crippen LogP contribution in [0.1, 0.15) is 31.7 Å². The Morgan fingerprint density at radius 2 is 2.11 bits per heavy atom. The van der Waals surface area contributed by atoms with E-state index in [0.29, 0.717) is 19.1 Å². The van der Waals surface area contributed by atoms with Gasteiger partial charge in [-0.2, -0.15) is 4.98 Å². The van der Waals surface area contributed by atoms with Gasteiger partial charge in [0.05, 0.1) is 18.8 Å². The van der Waals surface area contributed by atoms with Gasteiger partial charge in [0.2, 0.25) is 5.88 Å². The fourth-order valence-electron chi connectivity index (χ4n) is 1.67. The molecule has 0 radical (unpaired) electrons. The van der Waals surface area contributed by atoms with Gasteiger partial charge in [0.25, 0.3) is 0 Å². The van der Waals surface area contributed by atoms with E-state index in [1.807, 2.05) is 13.8 Å². The summed E-state index contributed by atoms with van der Waals surface area (Å²) < 4.78 is 10.9. The van der Waals surface area contributed by atoms with Crippen LogP contribution in [0.15, 0.2) is 0 Å². The van der Waals surface area contributed by atoms with Crippen LogP contribution in [0.3, 0.4) is 0 Å². The second-order valence-corrected chi connectivity index (χ2v) is 4.48. The summed E-state index contributed by atoms with van der Waals surface area (Å²) >= 11 is 0. The lowest BCUT2D eigenvalue weighted by molar-refractivity contribution is -0.0816. The van der Waals surface area contributed by atoms with E-state index in [1.54, 1.807) is 0 Å². The van der Waals surface area contributed by atoms with E-state index in [1.165, 1.54) is 0 Å². The van der Waals surface area contributed by atoms with E-state index in [2.05, 4.69) is 22.2 Å². The second-order valence-electron chi connectivity index (χ2n) is 4.48. The molecule has 0 spiro atoms. The molecule has 0 aliphatic carbocycles. The Hall–Kier alpha value is -1.36. The van der Waals surface area contributed by atoms with E-state index in [-0.39, 0.29) is 6.10 Å². The van der Waals surface area contributed by atoms with Crippen LogP contribution in [-0.4, -0.2) is 35.8 Å². The number of hydrogen-bond donors (Lipinski definition) is 1. The van der Waals surface area contributed by atoms with Crippen molar-refractivity contribution in [1.82, 2.24) is 9.97 Å². The average Bonchev–Trinajstić information content (AvgIpc) is 2.33. The minimum absolute atomic E-state index is 0.141. The van der Waals surface area contributed by atoms with Crippen LogP contribution in [0.25, 0.3) is 0 Å². The number of anilines is 1. The van der Waals surface area contributed by atoms with Crippen LogP contribution in [0.5, 0.6) is 5.88 Å². The Labute approximate surface area is 108 Å². The molecule has 5 heteroatoms. The molecular weight excluding hydrogens is 230 g/mol. The van der Waals surface area contributed by atoms with E-state index in [9.17, 15) is 0 Å². The maximum absolute atomic E-state index is 5.83. The molecule has 1 aromatic heterocycles. The summed E-state index contributed by atoms with van der Waals surface area (Å²) in [5, 5.41) is 3.32. The molecule has 1 N–H and O–H groups in total. The smallest absolute Gasteiger partial charge is 0.222 e. The van der Waals surface area contributed by atoms with Crippen molar-refractivity contribution in [3.63, 3.8) is 0 Å². The standard InChI is InChI=1S/C13H21N3O2/c1-4-6-14-12-9(3)13(16-11(5-2)15-12)18-10-7-17-8-10/h10H,4-8H2,1-3H3,(H,14,15,16). The maximum atomic E-state index is 5.83. The van der Waals surface area contributed by atoms with E-state index in [4.69, 9.17) is 9.47 Å². The molecule has 1 aliphatic heterocycles. The Balaban J connectivity index is 2.19. The van der Waals surface area contributed by atoms with Crippen molar-refractivity contribution in [3.8, 4) is 5.88 Å². The lowest BCUT2D eigenvalue weighted by atomic mass is 10.2. The van der Waals surface area contributed by atoms with Crippen molar-refractivity contribution in [2.45, 2.75) is 39.7 Å². The number of aromatic nitrogens is 2. The minimum atomic E-state index is 0.141. The Bertz CT molecular complexity index is 405. The molecule has 2 rings (SSSR count). The van der Waals surface area contributed by atoms with E-state index < -0.39 is 0 Å². The molecule has 1 aromatic rings. The van der Waals surface area contributed by atoms with Gasteiger partial charge in [-0.15, -0.1) is 0 Å². The van der Waals surface area contributed by atoms with Gasteiger partial charge < -0.3 is 14.8 Å². The number of nitrogens with zero attached hydrogens (tertiary/aromatic N) is 2. The zero-order chi connectivity index (χ0) is 13.0. The number of hydrogen-bond acceptors (Lipinski definition) is 5. The zero-order valence-corrected chi connectivity index (χ0v) is 11.3. The molecule has 5 nitrogen and oxygen atoms in total. The van der Waals surface area contributed by atoms with E-state index in [0.717, 1.165) is 36.6 Å². The molecule has 2 heterocycles. The van der Waals surface area contributed by atoms with E-state index >= 15 is 0 Å². The first-order valence-electron chi connectivity index (χ1n) is 6.60. The van der Waals surface area contributed by atoms with Crippen LogP contribution in [-0.2, 0) is 11.2 Å². The van der Waals surface area contributed by atoms with Crippen molar-refractivity contribution in [2.24, 2.45) is 0 Å². The number of aryl methyl sites for hydroxylation is 1. The fraction of sp³-hybridized carbons (Fsp3) is 0.692. The molecule has 0 unspecified atom stereocenters. The molecule has 1 aliphatic rings. The Morgan fingerprint density at radius 3 is 2.67 bits per heavy atom. The summed E-state index contributed by atoms with van der Waals surface area (Å²) in [6, 6.07) is 0. The summed E-state index contributed by atoms with van der Waals surface area (Å²) in [5.74, 6) is 2.39. The highest BCUT2D eigenvalue weighted by Crippen LogP contribution is 2.24. The van der Waals surface area contributed by atoms with Crippen molar-refractivity contribution >= 4 is 5.82 Å². The number of ether oxygens (including phenoxy) is 2. The van der Waals surface area contributed by atoms with Gasteiger partial charge >= 0.3 is 0 Å². The number of nitrogens with one attached hydrogen (secondary N) is 1. The molecule has 100 valence electrons. The molecule has 0 amide bonds. The van der Waals surface area contributed by atoms with Crippen molar-refractivity contribution < 1.29 is 9.47 Å². The van der Waals surface area contributed by atoms with Crippen molar-refractivity contribution in [1.29, 1.82) is 0 Å². The number of rotatable bonds is 6.